The normalized spacial score (nSPS) is 17.3. The average Bonchev–Trinajstić information content (AvgIpc) is 3.01. The van der Waals surface area contributed by atoms with Crippen molar-refractivity contribution in [2.75, 3.05) is 11.9 Å². The molecule has 1 saturated heterocycles. The number of anilines is 1. The van der Waals surface area contributed by atoms with E-state index in [4.69, 9.17) is 0 Å². The summed E-state index contributed by atoms with van der Waals surface area (Å²) >= 11 is 6.93. The first-order chi connectivity index (χ1) is 11.1. The van der Waals surface area contributed by atoms with E-state index in [9.17, 15) is 4.79 Å². The van der Waals surface area contributed by atoms with Gasteiger partial charge in [0.1, 0.15) is 0 Å². The molecule has 1 fully saturated rings. The number of urea groups is 1. The molecule has 2 aromatic rings. The Kier molecular flexibility index (Phi) is 5.07. The summed E-state index contributed by atoms with van der Waals surface area (Å²) in [5.74, 6) is 0. The third-order valence-corrected chi connectivity index (χ3v) is 5.42. The first-order valence-corrected chi connectivity index (χ1v) is 9.23. The fourth-order valence-corrected chi connectivity index (χ4v) is 3.78. The van der Waals surface area contributed by atoms with Crippen molar-refractivity contribution in [3.8, 4) is 0 Å². The first kappa shape index (κ1) is 16.5. The first-order valence-electron chi connectivity index (χ1n) is 7.64. The predicted octanol–water partition coefficient (Wildman–Crippen LogP) is 5.89. The number of likely N-dealkylation sites (tertiary alicyclic amines) is 1. The van der Waals surface area contributed by atoms with Gasteiger partial charge in [0, 0.05) is 15.5 Å². The number of halogens is 2. The van der Waals surface area contributed by atoms with Gasteiger partial charge in [0.05, 0.1) is 11.7 Å². The highest BCUT2D eigenvalue weighted by molar-refractivity contribution is 9.11. The largest absolute Gasteiger partial charge is 0.322 e. The summed E-state index contributed by atoms with van der Waals surface area (Å²) < 4.78 is 1.81. The number of nitrogens with zero attached hydrogens (tertiary/aromatic N) is 1. The standard InChI is InChI=1S/C18H18Br2N2O/c1-12-5-2-3-6-14(12)17-7-4-10-22(17)18(23)21-16-11-13(19)8-9-15(16)20/h2-3,5-6,8-9,11,17H,4,7,10H2,1H3,(H,21,23). The van der Waals surface area contributed by atoms with Gasteiger partial charge in [0.25, 0.3) is 0 Å². The maximum absolute atomic E-state index is 12.8. The molecular formula is C18H18Br2N2O. The highest BCUT2D eigenvalue weighted by atomic mass is 79.9. The topological polar surface area (TPSA) is 32.3 Å². The number of nitrogens with one attached hydrogen (secondary N) is 1. The van der Waals surface area contributed by atoms with Gasteiger partial charge in [-0.25, -0.2) is 4.79 Å². The Morgan fingerprint density at radius 2 is 2.00 bits per heavy atom. The zero-order valence-electron chi connectivity index (χ0n) is 12.9. The number of aryl methyl sites for hydroxylation is 1. The van der Waals surface area contributed by atoms with Gasteiger partial charge < -0.3 is 10.2 Å². The summed E-state index contributed by atoms with van der Waals surface area (Å²) in [6, 6.07) is 14.2. The molecule has 1 heterocycles. The van der Waals surface area contributed by atoms with Gasteiger partial charge in [-0.2, -0.15) is 0 Å². The van der Waals surface area contributed by atoms with E-state index in [1.54, 1.807) is 0 Å². The van der Waals surface area contributed by atoms with Crippen LogP contribution < -0.4 is 5.32 Å². The van der Waals surface area contributed by atoms with Crippen molar-refractivity contribution in [2.24, 2.45) is 0 Å². The van der Waals surface area contributed by atoms with Crippen LogP contribution >= 0.6 is 31.9 Å². The molecule has 0 radical (unpaired) electrons. The summed E-state index contributed by atoms with van der Waals surface area (Å²) in [7, 11) is 0. The van der Waals surface area contributed by atoms with E-state index in [-0.39, 0.29) is 12.1 Å². The molecule has 2 aromatic carbocycles. The van der Waals surface area contributed by atoms with E-state index in [2.05, 4.69) is 56.2 Å². The maximum atomic E-state index is 12.8. The third kappa shape index (κ3) is 3.61. The summed E-state index contributed by atoms with van der Waals surface area (Å²) in [4.78, 5) is 14.7. The Labute approximate surface area is 153 Å². The van der Waals surface area contributed by atoms with Gasteiger partial charge in [-0.05, 0) is 65.0 Å². The van der Waals surface area contributed by atoms with Crippen LogP contribution in [0.15, 0.2) is 51.4 Å². The van der Waals surface area contributed by atoms with Crippen LogP contribution in [0.5, 0.6) is 0 Å². The molecule has 0 aliphatic carbocycles. The molecular weight excluding hydrogens is 420 g/mol. The monoisotopic (exact) mass is 436 g/mol. The molecule has 3 rings (SSSR count). The molecule has 1 N–H and O–H groups in total. The van der Waals surface area contributed by atoms with E-state index < -0.39 is 0 Å². The highest BCUT2D eigenvalue weighted by Gasteiger charge is 2.30. The molecule has 5 heteroatoms. The molecule has 3 nitrogen and oxygen atoms in total. The fourth-order valence-electron chi connectivity index (χ4n) is 3.07. The lowest BCUT2D eigenvalue weighted by molar-refractivity contribution is 0.207. The molecule has 0 bridgehead atoms. The number of amides is 2. The third-order valence-electron chi connectivity index (χ3n) is 4.23. The molecule has 1 unspecified atom stereocenters. The van der Waals surface area contributed by atoms with Crippen LogP contribution in [0.1, 0.15) is 30.0 Å². The lowest BCUT2D eigenvalue weighted by Gasteiger charge is -2.26. The molecule has 0 aromatic heterocycles. The summed E-state index contributed by atoms with van der Waals surface area (Å²) in [6.45, 7) is 2.89. The van der Waals surface area contributed by atoms with E-state index in [0.717, 1.165) is 34.0 Å². The second-order valence-electron chi connectivity index (χ2n) is 5.76. The van der Waals surface area contributed by atoms with Crippen molar-refractivity contribution in [2.45, 2.75) is 25.8 Å². The molecule has 1 atom stereocenters. The van der Waals surface area contributed by atoms with Crippen LogP contribution in [0.4, 0.5) is 10.5 Å². The zero-order chi connectivity index (χ0) is 16.4. The fraction of sp³-hybridized carbons (Fsp3) is 0.278. The van der Waals surface area contributed by atoms with Crippen LogP contribution in [-0.2, 0) is 0 Å². The average molecular weight is 438 g/mol. The Hall–Kier alpha value is -1.33. The summed E-state index contributed by atoms with van der Waals surface area (Å²) in [5, 5.41) is 3.02. The van der Waals surface area contributed by atoms with E-state index in [1.165, 1.54) is 11.1 Å². The number of hydrogen-bond donors (Lipinski definition) is 1. The lowest BCUT2D eigenvalue weighted by Crippen LogP contribution is -2.34. The highest BCUT2D eigenvalue weighted by Crippen LogP contribution is 2.34. The molecule has 0 saturated carbocycles. The molecule has 23 heavy (non-hydrogen) atoms. The smallest absolute Gasteiger partial charge is 0.317 e. The van der Waals surface area contributed by atoms with Crippen molar-refractivity contribution in [3.05, 3.63) is 62.5 Å². The van der Waals surface area contributed by atoms with Crippen LogP contribution in [0, 0.1) is 6.92 Å². The lowest BCUT2D eigenvalue weighted by atomic mass is 9.99. The Bertz CT molecular complexity index is 733. The molecule has 1 aliphatic rings. The second kappa shape index (κ2) is 7.05. The summed E-state index contributed by atoms with van der Waals surface area (Å²) in [5.41, 5.74) is 3.26. The number of benzene rings is 2. The number of rotatable bonds is 2. The molecule has 1 aliphatic heterocycles. The SMILES string of the molecule is Cc1ccccc1C1CCCN1C(=O)Nc1cc(Br)ccc1Br. The van der Waals surface area contributed by atoms with E-state index in [1.807, 2.05) is 35.2 Å². The Morgan fingerprint density at radius 3 is 2.78 bits per heavy atom. The Balaban J connectivity index is 1.81. The van der Waals surface area contributed by atoms with Gasteiger partial charge >= 0.3 is 6.03 Å². The van der Waals surface area contributed by atoms with Crippen molar-refractivity contribution in [1.29, 1.82) is 0 Å². The predicted molar refractivity (Wildman–Crippen MR) is 101 cm³/mol. The minimum absolute atomic E-state index is 0.0467. The van der Waals surface area contributed by atoms with Gasteiger partial charge in [-0.1, -0.05) is 40.2 Å². The van der Waals surface area contributed by atoms with Gasteiger partial charge in [0.15, 0.2) is 0 Å². The number of carbonyl (C=O) groups excluding carboxylic acids is 1. The zero-order valence-corrected chi connectivity index (χ0v) is 16.0. The Morgan fingerprint density at radius 1 is 1.22 bits per heavy atom. The van der Waals surface area contributed by atoms with Gasteiger partial charge in [-0.15, -0.1) is 0 Å². The van der Waals surface area contributed by atoms with Crippen molar-refractivity contribution >= 4 is 43.6 Å². The minimum atomic E-state index is -0.0467. The van der Waals surface area contributed by atoms with Gasteiger partial charge in [0.2, 0.25) is 0 Å². The van der Waals surface area contributed by atoms with Crippen molar-refractivity contribution in [1.82, 2.24) is 4.90 Å². The number of hydrogen-bond acceptors (Lipinski definition) is 1. The summed E-state index contributed by atoms with van der Waals surface area (Å²) in [6.07, 6.45) is 2.05. The van der Waals surface area contributed by atoms with Crippen LogP contribution in [0.25, 0.3) is 0 Å². The second-order valence-corrected chi connectivity index (χ2v) is 7.53. The quantitative estimate of drug-likeness (QED) is 0.624. The van der Waals surface area contributed by atoms with Crippen LogP contribution in [0.3, 0.4) is 0 Å². The van der Waals surface area contributed by atoms with Crippen molar-refractivity contribution < 1.29 is 4.79 Å². The van der Waals surface area contributed by atoms with Gasteiger partial charge in [-0.3, -0.25) is 0 Å². The van der Waals surface area contributed by atoms with Crippen LogP contribution in [-0.4, -0.2) is 17.5 Å². The molecule has 120 valence electrons. The maximum Gasteiger partial charge on any atom is 0.322 e. The van der Waals surface area contributed by atoms with Crippen LogP contribution in [0.2, 0.25) is 0 Å². The van der Waals surface area contributed by atoms with E-state index >= 15 is 0 Å². The van der Waals surface area contributed by atoms with E-state index in [0.29, 0.717) is 0 Å². The molecule has 0 spiro atoms. The van der Waals surface area contributed by atoms with Crippen molar-refractivity contribution in [3.63, 3.8) is 0 Å². The molecule has 2 amide bonds. The minimum Gasteiger partial charge on any atom is -0.317 e. The number of carbonyl (C=O) groups is 1.